The Kier molecular flexibility index (Phi) is 7.40. The Morgan fingerprint density at radius 3 is 2.10 bits per heavy atom. The molecule has 0 bridgehead atoms. The number of hydrogen-bond donors (Lipinski definition) is 2. The van der Waals surface area contributed by atoms with Crippen molar-refractivity contribution in [2.75, 3.05) is 0 Å². The van der Waals surface area contributed by atoms with Gasteiger partial charge >= 0.3 is 0 Å². The summed E-state index contributed by atoms with van der Waals surface area (Å²) in [5, 5.41) is 3.97. The minimum atomic E-state index is -0.539. The molecule has 2 heterocycles. The Bertz CT molecular complexity index is 1150. The smallest absolute Gasteiger partial charge is 0.248 e. The maximum absolute atomic E-state index is 11.7. The van der Waals surface area contributed by atoms with Crippen LogP contribution in [0.1, 0.15) is 11.4 Å². The van der Waals surface area contributed by atoms with Gasteiger partial charge in [0.1, 0.15) is 0 Å². The lowest BCUT2D eigenvalue weighted by Gasteiger charge is -2.03. The van der Waals surface area contributed by atoms with Crippen molar-refractivity contribution in [2.24, 2.45) is 10.8 Å². The highest BCUT2D eigenvalue weighted by Gasteiger charge is 2.04. The van der Waals surface area contributed by atoms with Crippen LogP contribution in [-0.2, 0) is 4.79 Å². The summed E-state index contributed by atoms with van der Waals surface area (Å²) in [6, 6.07) is 7.68. The lowest BCUT2D eigenvalue weighted by atomic mass is 10.2. The third-order valence-corrected chi connectivity index (χ3v) is 3.93. The Labute approximate surface area is 174 Å². The number of carbonyl (C=O) groups is 1. The number of nitrogens with one attached hydrogen (secondary N) is 1. The number of primary amides is 1. The molecule has 0 saturated heterocycles. The van der Waals surface area contributed by atoms with Gasteiger partial charge in [-0.15, -0.1) is 0 Å². The van der Waals surface area contributed by atoms with E-state index in [4.69, 9.17) is 10.7 Å². The summed E-state index contributed by atoms with van der Waals surface area (Å²) in [4.78, 5) is 21.1. The molecule has 0 aliphatic carbocycles. The number of hydrazone groups is 1. The first-order valence-corrected chi connectivity index (χ1v) is 9.31. The van der Waals surface area contributed by atoms with Gasteiger partial charge in [-0.1, -0.05) is 48.6 Å². The fourth-order valence-electron chi connectivity index (χ4n) is 2.51. The van der Waals surface area contributed by atoms with Gasteiger partial charge in [0, 0.05) is 18.0 Å². The number of nitrogens with zero attached hydrogens (tertiary/aromatic N) is 3. The average molecular weight is 395 g/mol. The molecule has 1 aromatic heterocycles. The molecule has 30 heavy (non-hydrogen) atoms. The van der Waals surface area contributed by atoms with Crippen LogP contribution in [0.15, 0.2) is 102 Å². The topological polar surface area (TPSA) is 93.3 Å². The van der Waals surface area contributed by atoms with Crippen LogP contribution >= 0.6 is 0 Å². The number of aromatic nitrogens is 2. The number of hydrogen-bond acceptors (Lipinski definition) is 5. The molecule has 1 aromatic carbocycles. The largest absolute Gasteiger partial charge is 0.366 e. The van der Waals surface area contributed by atoms with E-state index in [2.05, 4.69) is 15.5 Å². The standard InChI is InChI=1S/C24H21N5O/c25-24(30)19-11-9-16-23-20(28-21-14-6-7-15-22(21)29-23)13-5-3-1-2-4-8-17-26-27-18-10-12-19/h1-18,26H,(H2,25,30). The van der Waals surface area contributed by atoms with E-state index in [1.807, 2.05) is 66.8 Å². The molecule has 148 valence electrons. The number of rotatable bonds is 1. The van der Waals surface area contributed by atoms with Gasteiger partial charge in [-0.2, -0.15) is 5.10 Å². The Balaban J connectivity index is 2.04. The van der Waals surface area contributed by atoms with Crippen molar-refractivity contribution < 1.29 is 4.79 Å². The number of fused-ring (bicyclic) bond motifs is 2. The SMILES string of the molecule is NC(=O)C1=CC=Cc2nc3ccccc3nc2C=CC=CC=CC=CNN=CC=C1. The highest BCUT2D eigenvalue weighted by atomic mass is 16.1. The third-order valence-electron chi connectivity index (χ3n) is 3.93. The van der Waals surface area contributed by atoms with Gasteiger partial charge in [0.25, 0.3) is 0 Å². The summed E-state index contributed by atoms with van der Waals surface area (Å²) >= 11 is 0. The summed E-state index contributed by atoms with van der Waals surface area (Å²) in [6.45, 7) is 0. The zero-order valence-electron chi connectivity index (χ0n) is 16.2. The molecule has 2 aromatic rings. The average Bonchev–Trinajstić information content (AvgIpc) is 2.75. The Morgan fingerprint density at radius 2 is 1.40 bits per heavy atom. The number of para-hydroxylation sites is 2. The summed E-state index contributed by atoms with van der Waals surface area (Å²) in [5.41, 5.74) is 11.6. The quantitative estimate of drug-likeness (QED) is 0.767. The maximum atomic E-state index is 11.7. The van der Waals surface area contributed by atoms with Crippen LogP contribution in [0, 0.1) is 0 Å². The van der Waals surface area contributed by atoms with Crippen LogP contribution in [0.3, 0.4) is 0 Å². The molecule has 1 aliphatic heterocycles. The van der Waals surface area contributed by atoms with Gasteiger partial charge in [-0.25, -0.2) is 9.97 Å². The van der Waals surface area contributed by atoms with Crippen LogP contribution in [0.4, 0.5) is 0 Å². The highest BCUT2D eigenvalue weighted by Crippen LogP contribution is 2.16. The van der Waals surface area contributed by atoms with E-state index < -0.39 is 5.91 Å². The summed E-state index contributed by atoms with van der Waals surface area (Å²) in [6.07, 6.45) is 24.8. The molecule has 0 radical (unpaired) electrons. The first-order valence-electron chi connectivity index (χ1n) is 9.31. The number of nitrogens with two attached hydrogens (primary N) is 1. The van der Waals surface area contributed by atoms with Gasteiger partial charge in [0.05, 0.1) is 22.4 Å². The maximum Gasteiger partial charge on any atom is 0.248 e. The van der Waals surface area contributed by atoms with E-state index in [0.717, 1.165) is 16.7 Å². The normalized spacial score (nSPS) is 14.5. The molecule has 0 atom stereocenters. The first kappa shape index (κ1) is 20.4. The molecule has 1 aliphatic rings. The van der Waals surface area contributed by atoms with E-state index in [1.165, 1.54) is 6.21 Å². The summed E-state index contributed by atoms with van der Waals surface area (Å²) in [5.74, 6) is -0.539. The van der Waals surface area contributed by atoms with Crippen LogP contribution in [0.25, 0.3) is 23.2 Å². The zero-order valence-corrected chi connectivity index (χ0v) is 16.2. The Morgan fingerprint density at radius 1 is 0.767 bits per heavy atom. The van der Waals surface area contributed by atoms with Crippen LogP contribution in [0.5, 0.6) is 0 Å². The van der Waals surface area contributed by atoms with Crippen molar-refractivity contribution in [3.8, 4) is 0 Å². The van der Waals surface area contributed by atoms with Crippen molar-refractivity contribution in [2.45, 2.75) is 0 Å². The molecule has 1 amide bonds. The second-order valence-electron chi connectivity index (χ2n) is 6.08. The summed E-state index contributed by atoms with van der Waals surface area (Å²) in [7, 11) is 0. The monoisotopic (exact) mass is 395 g/mol. The molecule has 3 rings (SSSR count). The molecular formula is C24H21N5O. The summed E-state index contributed by atoms with van der Waals surface area (Å²) < 4.78 is 0. The fourth-order valence-corrected chi connectivity index (χ4v) is 2.51. The molecule has 0 fully saturated rings. The number of benzene rings is 1. The number of allylic oxidation sites excluding steroid dienone is 9. The molecular weight excluding hydrogens is 374 g/mol. The number of carbonyl (C=O) groups excluding carboxylic acids is 1. The van der Waals surface area contributed by atoms with E-state index in [-0.39, 0.29) is 0 Å². The molecule has 6 heteroatoms. The molecule has 3 N–H and O–H groups in total. The van der Waals surface area contributed by atoms with Crippen molar-refractivity contribution in [1.82, 2.24) is 15.4 Å². The lowest BCUT2D eigenvalue weighted by Crippen LogP contribution is -2.12. The Hall–Kier alpha value is -4.32. The van der Waals surface area contributed by atoms with Gasteiger partial charge in [-0.05, 0) is 48.6 Å². The zero-order chi connectivity index (χ0) is 21.0. The van der Waals surface area contributed by atoms with Crippen LogP contribution in [0.2, 0.25) is 0 Å². The minimum absolute atomic E-state index is 0.336. The third kappa shape index (κ3) is 6.10. The van der Waals surface area contributed by atoms with Gasteiger partial charge in [0.15, 0.2) is 0 Å². The lowest BCUT2D eigenvalue weighted by molar-refractivity contribution is -0.114. The van der Waals surface area contributed by atoms with Gasteiger partial charge in [0.2, 0.25) is 5.91 Å². The highest BCUT2D eigenvalue weighted by molar-refractivity contribution is 5.96. The van der Waals surface area contributed by atoms with Crippen LogP contribution < -0.4 is 11.2 Å². The first-order chi connectivity index (χ1) is 14.7. The van der Waals surface area contributed by atoms with E-state index in [9.17, 15) is 4.79 Å². The van der Waals surface area contributed by atoms with Crippen molar-refractivity contribution >= 4 is 35.3 Å². The molecule has 6 nitrogen and oxygen atoms in total. The predicted molar refractivity (Wildman–Crippen MR) is 123 cm³/mol. The fraction of sp³-hybridized carbons (Fsp3) is 0. The molecule has 0 saturated carbocycles. The van der Waals surface area contributed by atoms with E-state index >= 15 is 0 Å². The van der Waals surface area contributed by atoms with Crippen LogP contribution in [-0.4, -0.2) is 22.1 Å². The second kappa shape index (κ2) is 10.9. The van der Waals surface area contributed by atoms with Crippen molar-refractivity contribution in [3.63, 3.8) is 0 Å². The minimum Gasteiger partial charge on any atom is -0.366 e. The second-order valence-corrected chi connectivity index (χ2v) is 6.08. The number of amides is 1. The molecule has 0 unspecified atom stereocenters. The van der Waals surface area contributed by atoms with E-state index in [1.54, 1.807) is 36.6 Å². The van der Waals surface area contributed by atoms with Gasteiger partial charge < -0.3 is 5.73 Å². The van der Waals surface area contributed by atoms with Gasteiger partial charge in [-0.3, -0.25) is 10.2 Å². The molecule has 0 spiro atoms. The van der Waals surface area contributed by atoms with E-state index in [0.29, 0.717) is 11.3 Å². The van der Waals surface area contributed by atoms with Crippen molar-refractivity contribution in [1.29, 1.82) is 0 Å². The van der Waals surface area contributed by atoms with Crippen molar-refractivity contribution in [3.05, 3.63) is 108 Å². The predicted octanol–water partition coefficient (Wildman–Crippen LogP) is 3.84.